The molecule has 8 heteroatoms. The van der Waals surface area contributed by atoms with Crippen LogP contribution < -0.4 is 5.11 Å². The van der Waals surface area contributed by atoms with Crippen LogP contribution in [0.1, 0.15) is 15.9 Å². The van der Waals surface area contributed by atoms with Crippen LogP contribution in [0.3, 0.4) is 0 Å². The lowest BCUT2D eigenvalue weighted by Gasteiger charge is -2.08. The number of carbonyl (C=O) groups excluding carboxylic acids is 2. The molecule has 0 saturated carbocycles. The summed E-state index contributed by atoms with van der Waals surface area (Å²) in [6, 6.07) is 11.7. The second-order valence-electron chi connectivity index (χ2n) is 4.76. The van der Waals surface area contributed by atoms with Crippen LogP contribution in [-0.2, 0) is 9.53 Å². The molecular weight excluding hydrogens is 346 g/mol. The fraction of sp³-hybridized carbons (Fsp3) is 0.0588. The van der Waals surface area contributed by atoms with Crippen molar-refractivity contribution in [2.45, 2.75) is 4.90 Å². The van der Waals surface area contributed by atoms with E-state index in [0.29, 0.717) is 16.0 Å². The zero-order valence-corrected chi connectivity index (χ0v) is 13.8. The van der Waals surface area contributed by atoms with Crippen LogP contribution in [0.2, 0.25) is 0 Å². The van der Waals surface area contributed by atoms with E-state index in [1.165, 1.54) is 49.6 Å². The first kappa shape index (κ1) is 18.2. The Labute approximate surface area is 147 Å². The highest BCUT2D eigenvalue weighted by atomic mass is 32.2. The van der Waals surface area contributed by atoms with E-state index in [0.717, 1.165) is 11.8 Å². The third-order valence-electron chi connectivity index (χ3n) is 3.11. The van der Waals surface area contributed by atoms with Crippen molar-refractivity contribution in [3.8, 4) is 0 Å². The maximum atomic E-state index is 11.4. The number of carbonyl (C=O) groups is 2. The van der Waals surface area contributed by atoms with Crippen molar-refractivity contribution in [1.82, 2.24) is 0 Å². The highest BCUT2D eigenvalue weighted by Crippen LogP contribution is 2.29. The van der Waals surface area contributed by atoms with Gasteiger partial charge in [-0.15, -0.1) is 0 Å². The fourth-order valence-electron chi connectivity index (χ4n) is 1.88. The van der Waals surface area contributed by atoms with Gasteiger partial charge in [-0.2, -0.15) is 0 Å². The predicted molar refractivity (Wildman–Crippen MR) is 89.7 cm³/mol. The Balaban J connectivity index is 2.22. The number of hydrogen-bond donors (Lipinski definition) is 0. The summed E-state index contributed by atoms with van der Waals surface area (Å²) in [6.07, 6.45) is 1.39. The molecule has 0 heterocycles. The molecule has 2 aromatic rings. The summed E-state index contributed by atoms with van der Waals surface area (Å²) in [6.45, 7) is 0. The monoisotopic (exact) mass is 358 g/mol. The average molecular weight is 358 g/mol. The number of hydrogen-bond acceptors (Lipinski definition) is 7. The first-order chi connectivity index (χ1) is 11.9. The van der Waals surface area contributed by atoms with Crippen molar-refractivity contribution in [3.63, 3.8) is 0 Å². The zero-order chi connectivity index (χ0) is 18.4. The molecule has 0 N–H and O–H groups in total. The van der Waals surface area contributed by atoms with E-state index in [2.05, 4.69) is 4.74 Å². The molecule has 7 nitrogen and oxygen atoms in total. The lowest BCUT2D eigenvalue weighted by Crippen LogP contribution is -2.22. The molecule has 0 spiro atoms. The minimum Gasteiger partial charge on any atom is -0.544 e. The van der Waals surface area contributed by atoms with Gasteiger partial charge in [-0.25, -0.2) is 4.79 Å². The molecule has 0 radical (unpaired) electrons. The number of nitro benzene ring substituents is 1. The van der Waals surface area contributed by atoms with Gasteiger partial charge in [0.2, 0.25) is 0 Å². The zero-order valence-electron chi connectivity index (χ0n) is 13.0. The smallest absolute Gasteiger partial charge is 0.337 e. The van der Waals surface area contributed by atoms with Crippen molar-refractivity contribution in [3.05, 3.63) is 74.7 Å². The summed E-state index contributed by atoms with van der Waals surface area (Å²) < 4.78 is 4.59. The Morgan fingerprint density at radius 3 is 2.16 bits per heavy atom. The van der Waals surface area contributed by atoms with Crippen LogP contribution in [0.5, 0.6) is 0 Å². The van der Waals surface area contributed by atoms with Gasteiger partial charge in [-0.1, -0.05) is 23.9 Å². The first-order valence-electron chi connectivity index (χ1n) is 6.94. The number of rotatable bonds is 6. The van der Waals surface area contributed by atoms with E-state index < -0.39 is 16.9 Å². The maximum Gasteiger partial charge on any atom is 0.337 e. The van der Waals surface area contributed by atoms with Crippen molar-refractivity contribution < 1.29 is 24.4 Å². The lowest BCUT2D eigenvalue weighted by atomic mass is 10.1. The van der Waals surface area contributed by atoms with Crippen molar-refractivity contribution >= 4 is 35.5 Å². The molecule has 0 aliphatic rings. The molecule has 0 bridgehead atoms. The standard InChI is InChI=1S/C17H13NO6S/c1-24-17(21)12-4-2-11(3-5-12)10-15(16(19)20)25-14-8-6-13(7-9-14)18(22)23/h2-10H,1H3,(H,19,20)/p-1/b15-10-. The molecule has 2 aromatic carbocycles. The van der Waals surface area contributed by atoms with E-state index in [4.69, 9.17) is 0 Å². The van der Waals surface area contributed by atoms with Gasteiger partial charge >= 0.3 is 5.97 Å². The number of benzene rings is 2. The second kappa shape index (κ2) is 8.11. The van der Waals surface area contributed by atoms with Crippen molar-refractivity contribution in [2.75, 3.05) is 7.11 Å². The largest absolute Gasteiger partial charge is 0.544 e. The Hall–Kier alpha value is -3.13. The van der Waals surface area contributed by atoms with E-state index in [1.54, 1.807) is 12.1 Å². The molecule has 0 aliphatic carbocycles. The summed E-state index contributed by atoms with van der Waals surface area (Å²) in [4.78, 5) is 33.2. The van der Waals surface area contributed by atoms with Gasteiger partial charge in [0.05, 0.1) is 23.6 Å². The highest BCUT2D eigenvalue weighted by Gasteiger charge is 2.08. The summed E-state index contributed by atoms with van der Waals surface area (Å²) in [5.74, 6) is -1.86. The molecule has 0 aromatic heterocycles. The number of esters is 1. The topological polar surface area (TPSA) is 110 Å². The van der Waals surface area contributed by atoms with Crippen LogP contribution >= 0.6 is 11.8 Å². The van der Waals surface area contributed by atoms with Gasteiger partial charge in [-0.05, 0) is 35.9 Å². The SMILES string of the molecule is COC(=O)c1ccc(/C=C(\Sc2ccc([N+](=O)[O-])cc2)C(=O)[O-])cc1. The number of ether oxygens (including phenoxy) is 1. The quantitative estimate of drug-likeness (QED) is 0.256. The fourth-order valence-corrected chi connectivity index (χ4v) is 2.68. The molecule has 2 rings (SSSR count). The summed E-state index contributed by atoms with van der Waals surface area (Å²) in [5, 5.41) is 22.0. The van der Waals surface area contributed by atoms with Crippen molar-refractivity contribution in [1.29, 1.82) is 0 Å². The van der Waals surface area contributed by atoms with Crippen LogP contribution in [0, 0.1) is 10.1 Å². The van der Waals surface area contributed by atoms with Gasteiger partial charge in [0.25, 0.3) is 5.69 Å². The normalized spacial score (nSPS) is 11.0. The number of nitro groups is 1. The minimum absolute atomic E-state index is 0.0697. The molecule has 25 heavy (non-hydrogen) atoms. The number of carboxylic acid groups (broad SMARTS) is 1. The van der Waals surface area contributed by atoms with Gasteiger partial charge in [0.15, 0.2) is 0 Å². The van der Waals surface area contributed by atoms with Crippen LogP contribution in [0.4, 0.5) is 5.69 Å². The molecule has 0 unspecified atom stereocenters. The number of carboxylic acids is 1. The van der Waals surface area contributed by atoms with Gasteiger partial charge in [-0.3, -0.25) is 10.1 Å². The Morgan fingerprint density at radius 1 is 1.08 bits per heavy atom. The molecule has 0 saturated heterocycles. The molecule has 128 valence electrons. The number of thioether (sulfide) groups is 1. The molecule has 0 atom stereocenters. The average Bonchev–Trinajstić information content (AvgIpc) is 2.61. The van der Waals surface area contributed by atoms with Crippen molar-refractivity contribution in [2.24, 2.45) is 0 Å². The molecule has 0 fully saturated rings. The summed E-state index contributed by atoms with van der Waals surface area (Å²) in [7, 11) is 1.27. The molecular formula is C17H12NO6S-. The third-order valence-corrected chi connectivity index (χ3v) is 4.12. The highest BCUT2D eigenvalue weighted by molar-refractivity contribution is 8.04. The van der Waals surface area contributed by atoms with Crippen LogP contribution in [-0.4, -0.2) is 24.0 Å². The van der Waals surface area contributed by atoms with E-state index in [-0.39, 0.29) is 10.6 Å². The Kier molecular flexibility index (Phi) is 5.91. The number of aliphatic carboxylic acids is 1. The maximum absolute atomic E-state index is 11.4. The lowest BCUT2D eigenvalue weighted by molar-refractivity contribution is -0.384. The van der Waals surface area contributed by atoms with E-state index in [1.807, 2.05) is 0 Å². The Morgan fingerprint density at radius 2 is 1.68 bits per heavy atom. The Bertz CT molecular complexity index is 827. The minimum atomic E-state index is -1.37. The predicted octanol–water partition coefficient (Wildman–Crippen LogP) is 2.26. The molecule has 0 aliphatic heterocycles. The van der Waals surface area contributed by atoms with E-state index in [9.17, 15) is 24.8 Å². The van der Waals surface area contributed by atoms with Crippen LogP contribution in [0.15, 0.2) is 58.3 Å². The van der Waals surface area contributed by atoms with E-state index >= 15 is 0 Å². The number of methoxy groups -OCH3 is 1. The molecule has 0 amide bonds. The van der Waals surface area contributed by atoms with Gasteiger partial charge in [0.1, 0.15) is 0 Å². The van der Waals surface area contributed by atoms with Gasteiger partial charge < -0.3 is 14.6 Å². The third kappa shape index (κ3) is 4.92. The van der Waals surface area contributed by atoms with Crippen LogP contribution in [0.25, 0.3) is 6.08 Å². The number of nitrogens with zero attached hydrogens (tertiary/aromatic N) is 1. The first-order valence-corrected chi connectivity index (χ1v) is 7.76. The second-order valence-corrected chi connectivity index (χ2v) is 5.88. The summed E-state index contributed by atoms with van der Waals surface area (Å²) in [5.41, 5.74) is 0.820. The number of non-ortho nitro benzene ring substituents is 1. The van der Waals surface area contributed by atoms with Gasteiger partial charge in [0, 0.05) is 21.9 Å². The summed E-state index contributed by atoms with van der Waals surface area (Å²) >= 11 is 0.912.